The molecule has 1 unspecified atom stereocenters. The third-order valence-electron chi connectivity index (χ3n) is 3.54. The highest BCUT2D eigenvalue weighted by Gasteiger charge is 2.26. The van der Waals surface area contributed by atoms with Crippen LogP contribution in [-0.4, -0.2) is 39.5 Å². The summed E-state index contributed by atoms with van der Waals surface area (Å²) in [6.07, 6.45) is 1.61. The van der Waals surface area contributed by atoms with Crippen LogP contribution in [0.1, 0.15) is 19.8 Å². The van der Waals surface area contributed by atoms with E-state index in [2.05, 4.69) is 15.4 Å². The Morgan fingerprint density at radius 2 is 1.95 bits per heavy atom. The predicted octanol–water partition coefficient (Wildman–Crippen LogP) is 0.361. The molecule has 1 heterocycles. The molecule has 1 fully saturated rings. The fraction of sp³-hybridized carbons (Fsp3) is 0.500. The largest absolute Gasteiger partial charge is 0.352 e. The van der Waals surface area contributed by atoms with E-state index in [0.29, 0.717) is 0 Å². The molecule has 0 spiro atoms. The van der Waals surface area contributed by atoms with Crippen molar-refractivity contribution in [3.8, 4) is 0 Å². The molecule has 1 aromatic rings. The molecule has 6 nitrogen and oxygen atoms in total. The maximum absolute atomic E-state index is 13.6. The normalized spacial score (nSPS) is 17.9. The number of sulfonamides is 1. The smallest absolute Gasteiger partial charge is 0.244 e. The van der Waals surface area contributed by atoms with Crippen LogP contribution in [0, 0.1) is 5.82 Å². The van der Waals surface area contributed by atoms with Crippen molar-refractivity contribution in [2.75, 3.05) is 13.1 Å². The van der Waals surface area contributed by atoms with Gasteiger partial charge in [-0.15, -0.1) is 0 Å². The maximum atomic E-state index is 13.6. The van der Waals surface area contributed by atoms with Gasteiger partial charge in [0.25, 0.3) is 0 Å². The van der Waals surface area contributed by atoms with Crippen molar-refractivity contribution in [1.82, 2.24) is 15.4 Å². The van der Waals surface area contributed by atoms with E-state index in [9.17, 15) is 17.6 Å². The highest BCUT2D eigenvalue weighted by Crippen LogP contribution is 2.13. The predicted molar refractivity (Wildman–Crippen MR) is 80.2 cm³/mol. The van der Waals surface area contributed by atoms with Crippen molar-refractivity contribution in [3.05, 3.63) is 30.1 Å². The standard InChI is InChI=1S/C14H20FN3O3S/c1-10(14(19)17-11-6-8-16-9-7-11)18-22(20,21)13-5-3-2-4-12(13)15/h2-5,10-11,16,18H,6-9H2,1H3,(H,17,19). The maximum Gasteiger partial charge on any atom is 0.244 e. The number of hydrogen-bond donors (Lipinski definition) is 3. The lowest BCUT2D eigenvalue weighted by Gasteiger charge is -2.25. The molecule has 8 heteroatoms. The third-order valence-corrected chi connectivity index (χ3v) is 5.11. The van der Waals surface area contributed by atoms with Crippen molar-refractivity contribution in [2.24, 2.45) is 0 Å². The van der Waals surface area contributed by atoms with Gasteiger partial charge in [-0.05, 0) is 45.0 Å². The molecule has 0 bridgehead atoms. The lowest BCUT2D eigenvalue weighted by atomic mass is 10.1. The van der Waals surface area contributed by atoms with Crippen LogP contribution in [0.4, 0.5) is 4.39 Å². The van der Waals surface area contributed by atoms with Crippen molar-refractivity contribution in [1.29, 1.82) is 0 Å². The van der Waals surface area contributed by atoms with Gasteiger partial charge in [-0.2, -0.15) is 4.72 Å². The zero-order chi connectivity index (χ0) is 16.2. The summed E-state index contributed by atoms with van der Waals surface area (Å²) in [6.45, 7) is 3.08. The first-order valence-corrected chi connectivity index (χ1v) is 8.66. The van der Waals surface area contributed by atoms with Crippen LogP contribution in [0.2, 0.25) is 0 Å². The molecule has 1 amide bonds. The molecule has 1 aliphatic rings. The SMILES string of the molecule is CC(NS(=O)(=O)c1ccccc1F)C(=O)NC1CCNCC1. The van der Waals surface area contributed by atoms with Gasteiger partial charge < -0.3 is 10.6 Å². The first kappa shape index (κ1) is 16.9. The second-order valence-corrected chi connectivity index (χ2v) is 6.99. The molecule has 3 N–H and O–H groups in total. The van der Waals surface area contributed by atoms with Crippen LogP contribution in [0.3, 0.4) is 0 Å². The van der Waals surface area contributed by atoms with Crippen LogP contribution < -0.4 is 15.4 Å². The second-order valence-electron chi connectivity index (χ2n) is 5.31. The molecule has 1 aromatic carbocycles. The Labute approximate surface area is 129 Å². The number of carbonyl (C=O) groups excluding carboxylic acids is 1. The molecule has 1 aliphatic heterocycles. The van der Waals surface area contributed by atoms with Crippen LogP contribution in [0.25, 0.3) is 0 Å². The average Bonchev–Trinajstić information content (AvgIpc) is 2.48. The summed E-state index contributed by atoms with van der Waals surface area (Å²) in [7, 11) is -4.07. The van der Waals surface area contributed by atoms with E-state index in [0.717, 1.165) is 38.1 Å². The van der Waals surface area contributed by atoms with Crippen molar-refractivity contribution < 1.29 is 17.6 Å². The molecule has 122 valence electrons. The minimum absolute atomic E-state index is 0.0363. The second kappa shape index (κ2) is 7.17. The fourth-order valence-corrected chi connectivity index (χ4v) is 3.59. The zero-order valence-corrected chi connectivity index (χ0v) is 13.1. The Bertz CT molecular complexity index is 630. The van der Waals surface area contributed by atoms with E-state index < -0.39 is 32.7 Å². The quantitative estimate of drug-likeness (QED) is 0.728. The average molecular weight is 329 g/mol. The number of hydrogen-bond acceptors (Lipinski definition) is 4. The molecule has 1 atom stereocenters. The summed E-state index contributed by atoms with van der Waals surface area (Å²) >= 11 is 0. The Balaban J connectivity index is 1.99. The first-order valence-electron chi connectivity index (χ1n) is 7.18. The molecular weight excluding hydrogens is 309 g/mol. The number of halogens is 1. The van der Waals surface area contributed by atoms with Gasteiger partial charge >= 0.3 is 0 Å². The topological polar surface area (TPSA) is 87.3 Å². The van der Waals surface area contributed by atoms with Gasteiger partial charge in [-0.1, -0.05) is 12.1 Å². The van der Waals surface area contributed by atoms with Gasteiger partial charge in [-0.25, -0.2) is 12.8 Å². The minimum Gasteiger partial charge on any atom is -0.352 e. The minimum atomic E-state index is -4.07. The summed E-state index contributed by atoms with van der Waals surface area (Å²) in [5.74, 6) is -1.26. The van der Waals surface area contributed by atoms with Crippen LogP contribution in [0.5, 0.6) is 0 Å². The molecule has 22 heavy (non-hydrogen) atoms. The number of carbonyl (C=O) groups is 1. The van der Waals surface area contributed by atoms with Gasteiger partial charge in [-0.3, -0.25) is 4.79 Å². The van der Waals surface area contributed by atoms with Crippen LogP contribution in [0.15, 0.2) is 29.2 Å². The Morgan fingerprint density at radius 3 is 2.59 bits per heavy atom. The van der Waals surface area contributed by atoms with E-state index in [1.54, 1.807) is 0 Å². The molecule has 2 rings (SSSR count). The lowest BCUT2D eigenvalue weighted by molar-refractivity contribution is -0.123. The summed E-state index contributed by atoms with van der Waals surface area (Å²) in [5.41, 5.74) is 0. The van der Waals surface area contributed by atoms with Crippen LogP contribution in [-0.2, 0) is 14.8 Å². The fourth-order valence-electron chi connectivity index (χ4n) is 2.30. The number of piperidine rings is 1. The van der Waals surface area contributed by atoms with Crippen molar-refractivity contribution >= 4 is 15.9 Å². The van der Waals surface area contributed by atoms with Gasteiger partial charge in [0.15, 0.2) is 0 Å². The lowest BCUT2D eigenvalue weighted by Crippen LogP contribution is -2.50. The molecular formula is C14H20FN3O3S. The molecule has 1 saturated heterocycles. The molecule has 0 saturated carbocycles. The number of benzene rings is 1. The van der Waals surface area contributed by atoms with Crippen molar-refractivity contribution in [2.45, 2.75) is 36.7 Å². The number of rotatable bonds is 5. The van der Waals surface area contributed by atoms with Gasteiger partial charge in [0.1, 0.15) is 10.7 Å². The van der Waals surface area contributed by atoms with E-state index in [4.69, 9.17) is 0 Å². The van der Waals surface area contributed by atoms with Gasteiger partial charge in [0.05, 0.1) is 6.04 Å². The summed E-state index contributed by atoms with van der Waals surface area (Å²) in [6, 6.07) is 4.12. The van der Waals surface area contributed by atoms with Crippen LogP contribution >= 0.6 is 0 Å². The van der Waals surface area contributed by atoms with E-state index in [1.807, 2.05) is 0 Å². The Morgan fingerprint density at radius 1 is 1.32 bits per heavy atom. The Hall–Kier alpha value is -1.51. The molecule has 0 aliphatic carbocycles. The third kappa shape index (κ3) is 4.25. The van der Waals surface area contributed by atoms with E-state index in [1.165, 1.54) is 19.1 Å². The first-order chi connectivity index (χ1) is 10.4. The Kier molecular flexibility index (Phi) is 5.49. The molecule has 0 aromatic heterocycles. The highest BCUT2D eigenvalue weighted by atomic mass is 32.2. The number of amides is 1. The van der Waals surface area contributed by atoms with Crippen molar-refractivity contribution in [3.63, 3.8) is 0 Å². The monoisotopic (exact) mass is 329 g/mol. The highest BCUT2D eigenvalue weighted by molar-refractivity contribution is 7.89. The van der Waals surface area contributed by atoms with E-state index in [-0.39, 0.29) is 6.04 Å². The molecule has 0 radical (unpaired) electrons. The van der Waals surface area contributed by atoms with Gasteiger partial charge in [0.2, 0.25) is 15.9 Å². The van der Waals surface area contributed by atoms with Gasteiger partial charge in [0, 0.05) is 6.04 Å². The summed E-state index contributed by atoms with van der Waals surface area (Å²) in [4.78, 5) is 11.6. The van der Waals surface area contributed by atoms with E-state index >= 15 is 0 Å². The summed E-state index contributed by atoms with van der Waals surface area (Å²) < 4.78 is 40.0. The number of nitrogens with one attached hydrogen (secondary N) is 3. The summed E-state index contributed by atoms with van der Waals surface area (Å²) in [5, 5.41) is 5.99. The zero-order valence-electron chi connectivity index (χ0n) is 12.3.